The standard InChI is InChI=1S/C31H50N2/c1-8-11-14-24-19-30(33)27(23(6)7)21-28(24)31(17-12-9-2,18-13-10-3)25-15-16-29(32)26(20-25)22(4)5/h15-16,19-23H,8-14,17-18,32-33H2,1-7H3. The van der Waals surface area contributed by atoms with Gasteiger partial charge in [0.05, 0.1) is 0 Å². The Morgan fingerprint density at radius 2 is 1.24 bits per heavy atom. The number of nitrogen functional groups attached to an aromatic ring is 2. The monoisotopic (exact) mass is 450 g/mol. The molecular weight excluding hydrogens is 400 g/mol. The fraction of sp³-hybridized carbons (Fsp3) is 0.613. The summed E-state index contributed by atoms with van der Waals surface area (Å²) in [6.07, 6.45) is 10.7. The smallest absolute Gasteiger partial charge is 0.0352 e. The van der Waals surface area contributed by atoms with Crippen LogP contribution >= 0.6 is 0 Å². The summed E-state index contributed by atoms with van der Waals surface area (Å²) in [5.74, 6) is 0.828. The predicted octanol–water partition coefficient (Wildman–Crippen LogP) is 9.11. The molecule has 0 unspecified atom stereocenters. The Hall–Kier alpha value is -1.96. The minimum atomic E-state index is 0.00374. The Kier molecular flexibility index (Phi) is 10.3. The highest BCUT2D eigenvalue weighted by atomic mass is 14.6. The van der Waals surface area contributed by atoms with Crippen LogP contribution in [-0.4, -0.2) is 0 Å². The van der Waals surface area contributed by atoms with Crippen LogP contribution in [0.3, 0.4) is 0 Å². The number of hydrogen-bond donors (Lipinski definition) is 2. The van der Waals surface area contributed by atoms with Gasteiger partial charge >= 0.3 is 0 Å². The largest absolute Gasteiger partial charge is 0.398 e. The summed E-state index contributed by atoms with van der Waals surface area (Å²) in [5, 5.41) is 0. The summed E-state index contributed by atoms with van der Waals surface area (Å²) in [7, 11) is 0. The molecule has 0 fully saturated rings. The highest BCUT2D eigenvalue weighted by molar-refractivity contribution is 5.59. The molecule has 0 spiro atoms. The predicted molar refractivity (Wildman–Crippen MR) is 148 cm³/mol. The second-order valence-corrected chi connectivity index (χ2v) is 10.7. The third-order valence-electron chi connectivity index (χ3n) is 7.42. The van der Waals surface area contributed by atoms with Crippen molar-refractivity contribution in [2.75, 3.05) is 11.5 Å². The molecule has 0 saturated carbocycles. The highest BCUT2D eigenvalue weighted by Crippen LogP contribution is 2.46. The molecule has 0 aromatic heterocycles. The maximum Gasteiger partial charge on any atom is 0.0352 e. The van der Waals surface area contributed by atoms with Crippen LogP contribution < -0.4 is 11.5 Å². The maximum absolute atomic E-state index is 6.61. The molecule has 0 heterocycles. The van der Waals surface area contributed by atoms with Gasteiger partial charge in [0.25, 0.3) is 0 Å². The quantitative estimate of drug-likeness (QED) is 0.299. The molecule has 2 rings (SSSR count). The number of anilines is 2. The lowest BCUT2D eigenvalue weighted by Gasteiger charge is -2.39. The summed E-state index contributed by atoms with van der Waals surface area (Å²) in [4.78, 5) is 0. The van der Waals surface area contributed by atoms with E-state index in [-0.39, 0.29) is 5.41 Å². The van der Waals surface area contributed by atoms with E-state index in [1.54, 1.807) is 0 Å². The normalized spacial score (nSPS) is 12.2. The minimum Gasteiger partial charge on any atom is -0.398 e. The van der Waals surface area contributed by atoms with Crippen molar-refractivity contribution in [3.05, 3.63) is 58.1 Å². The van der Waals surface area contributed by atoms with E-state index in [1.165, 1.54) is 79.2 Å². The third kappa shape index (κ3) is 6.34. The van der Waals surface area contributed by atoms with Crippen LogP contribution in [0.2, 0.25) is 0 Å². The molecule has 0 saturated heterocycles. The van der Waals surface area contributed by atoms with E-state index in [0.29, 0.717) is 11.8 Å². The van der Waals surface area contributed by atoms with Gasteiger partial charge in [-0.2, -0.15) is 0 Å². The van der Waals surface area contributed by atoms with Gasteiger partial charge in [0.2, 0.25) is 0 Å². The molecule has 0 aliphatic rings. The zero-order chi connectivity index (χ0) is 24.6. The molecule has 33 heavy (non-hydrogen) atoms. The summed E-state index contributed by atoms with van der Waals surface area (Å²) in [5.41, 5.74) is 21.9. The Balaban J connectivity index is 2.89. The number of hydrogen-bond acceptors (Lipinski definition) is 2. The Morgan fingerprint density at radius 1 is 0.697 bits per heavy atom. The van der Waals surface area contributed by atoms with Gasteiger partial charge in [-0.25, -0.2) is 0 Å². The lowest BCUT2D eigenvalue weighted by atomic mass is 9.65. The number of nitrogens with two attached hydrogens (primary N) is 2. The number of rotatable bonds is 13. The zero-order valence-electron chi connectivity index (χ0n) is 22.6. The minimum absolute atomic E-state index is 0.00374. The van der Waals surface area contributed by atoms with Crippen molar-refractivity contribution >= 4 is 11.4 Å². The fourth-order valence-electron chi connectivity index (χ4n) is 5.37. The molecule has 0 bridgehead atoms. The van der Waals surface area contributed by atoms with E-state index in [9.17, 15) is 0 Å². The van der Waals surface area contributed by atoms with Crippen LogP contribution in [0.5, 0.6) is 0 Å². The van der Waals surface area contributed by atoms with Crippen molar-refractivity contribution in [3.8, 4) is 0 Å². The zero-order valence-corrected chi connectivity index (χ0v) is 22.6. The molecule has 2 nitrogen and oxygen atoms in total. The Labute approximate surface area is 204 Å². The van der Waals surface area contributed by atoms with E-state index >= 15 is 0 Å². The van der Waals surface area contributed by atoms with Crippen LogP contribution in [0.4, 0.5) is 11.4 Å². The number of aryl methyl sites for hydroxylation is 1. The molecule has 0 radical (unpaired) electrons. The Morgan fingerprint density at radius 3 is 1.76 bits per heavy atom. The van der Waals surface area contributed by atoms with Crippen molar-refractivity contribution < 1.29 is 0 Å². The van der Waals surface area contributed by atoms with Gasteiger partial charge in [0, 0.05) is 16.8 Å². The molecule has 2 aromatic rings. The van der Waals surface area contributed by atoms with Gasteiger partial charge in [0.1, 0.15) is 0 Å². The maximum atomic E-state index is 6.61. The van der Waals surface area contributed by atoms with Crippen molar-refractivity contribution in [3.63, 3.8) is 0 Å². The van der Waals surface area contributed by atoms with Crippen LogP contribution in [0, 0.1) is 0 Å². The lowest BCUT2D eigenvalue weighted by Crippen LogP contribution is -2.30. The van der Waals surface area contributed by atoms with Crippen molar-refractivity contribution in [2.24, 2.45) is 0 Å². The highest BCUT2D eigenvalue weighted by Gasteiger charge is 2.36. The first-order valence-electron chi connectivity index (χ1n) is 13.5. The van der Waals surface area contributed by atoms with E-state index in [1.807, 2.05) is 0 Å². The average molecular weight is 451 g/mol. The molecule has 184 valence electrons. The summed E-state index contributed by atoms with van der Waals surface area (Å²) < 4.78 is 0. The summed E-state index contributed by atoms with van der Waals surface area (Å²) >= 11 is 0. The van der Waals surface area contributed by atoms with E-state index in [0.717, 1.165) is 17.8 Å². The van der Waals surface area contributed by atoms with Gasteiger partial charge in [0.15, 0.2) is 0 Å². The van der Waals surface area contributed by atoms with E-state index < -0.39 is 0 Å². The van der Waals surface area contributed by atoms with Crippen molar-refractivity contribution in [2.45, 2.75) is 124 Å². The van der Waals surface area contributed by atoms with Gasteiger partial charge in [-0.1, -0.05) is 98.8 Å². The van der Waals surface area contributed by atoms with Crippen LogP contribution in [0.25, 0.3) is 0 Å². The molecule has 0 aliphatic carbocycles. The molecular formula is C31H50N2. The van der Waals surface area contributed by atoms with Crippen LogP contribution in [0.1, 0.15) is 139 Å². The van der Waals surface area contributed by atoms with Crippen molar-refractivity contribution in [1.29, 1.82) is 0 Å². The van der Waals surface area contributed by atoms with Crippen LogP contribution in [-0.2, 0) is 11.8 Å². The molecule has 4 N–H and O–H groups in total. The van der Waals surface area contributed by atoms with Crippen LogP contribution in [0.15, 0.2) is 30.3 Å². The molecule has 0 amide bonds. The molecule has 0 atom stereocenters. The SMILES string of the molecule is CCCCc1cc(N)c(C(C)C)cc1C(CCCC)(CCCC)c1ccc(N)c(C(C)C)c1. The summed E-state index contributed by atoms with van der Waals surface area (Å²) in [6, 6.07) is 11.7. The first-order valence-corrected chi connectivity index (χ1v) is 13.5. The average Bonchev–Trinajstić information content (AvgIpc) is 2.78. The van der Waals surface area contributed by atoms with Gasteiger partial charge in [-0.3, -0.25) is 0 Å². The number of unbranched alkanes of at least 4 members (excludes halogenated alkanes) is 3. The second kappa shape index (κ2) is 12.5. The topological polar surface area (TPSA) is 52.0 Å². The third-order valence-corrected chi connectivity index (χ3v) is 7.42. The fourth-order valence-corrected chi connectivity index (χ4v) is 5.37. The van der Waals surface area contributed by atoms with E-state index in [2.05, 4.69) is 78.8 Å². The summed E-state index contributed by atoms with van der Waals surface area (Å²) in [6.45, 7) is 15.9. The first kappa shape index (κ1) is 27.3. The lowest BCUT2D eigenvalue weighted by molar-refractivity contribution is 0.402. The molecule has 2 heteroatoms. The van der Waals surface area contributed by atoms with Gasteiger partial charge < -0.3 is 11.5 Å². The second-order valence-electron chi connectivity index (χ2n) is 10.7. The van der Waals surface area contributed by atoms with E-state index in [4.69, 9.17) is 11.5 Å². The molecule has 0 aliphatic heterocycles. The first-order chi connectivity index (χ1) is 15.7. The molecule has 2 aromatic carbocycles. The number of benzene rings is 2. The Bertz CT molecular complexity index is 871. The van der Waals surface area contributed by atoms with Gasteiger partial charge in [-0.15, -0.1) is 0 Å². The van der Waals surface area contributed by atoms with Crippen molar-refractivity contribution in [1.82, 2.24) is 0 Å². The van der Waals surface area contributed by atoms with Gasteiger partial charge in [-0.05, 0) is 77.5 Å².